The van der Waals surface area contributed by atoms with Crippen molar-refractivity contribution in [2.45, 2.75) is 46.1 Å². The second-order valence-electron chi connectivity index (χ2n) is 8.12. The van der Waals surface area contributed by atoms with E-state index in [0.717, 1.165) is 12.8 Å². The highest BCUT2D eigenvalue weighted by Gasteiger charge is 2.61. The van der Waals surface area contributed by atoms with Crippen molar-refractivity contribution in [3.05, 3.63) is 27.8 Å². The van der Waals surface area contributed by atoms with Gasteiger partial charge in [0.05, 0.1) is 25.2 Å². The van der Waals surface area contributed by atoms with E-state index in [1.165, 1.54) is 32.8 Å². The van der Waals surface area contributed by atoms with Crippen molar-refractivity contribution < 1.29 is 19.2 Å². The number of benzene rings is 1. The second kappa shape index (κ2) is 6.14. The van der Waals surface area contributed by atoms with Crippen molar-refractivity contribution in [3.8, 4) is 11.5 Å². The molecule has 0 unspecified atom stereocenters. The first-order chi connectivity index (χ1) is 12.2. The first-order valence-electron chi connectivity index (χ1n) is 8.87. The fourth-order valence-electron chi connectivity index (χ4n) is 4.86. The quantitative estimate of drug-likeness (QED) is 0.639. The molecule has 2 aliphatic carbocycles. The van der Waals surface area contributed by atoms with Gasteiger partial charge in [-0.05, 0) is 36.0 Å². The predicted octanol–water partition coefficient (Wildman–Crippen LogP) is 3.56. The Kier molecular flexibility index (Phi) is 4.37. The van der Waals surface area contributed by atoms with Crippen LogP contribution < -0.4 is 14.8 Å². The lowest BCUT2D eigenvalue weighted by molar-refractivity contribution is -0.385. The zero-order valence-corrected chi connectivity index (χ0v) is 15.9. The van der Waals surface area contributed by atoms with E-state index in [4.69, 9.17) is 9.47 Å². The Balaban J connectivity index is 1.92. The van der Waals surface area contributed by atoms with Crippen molar-refractivity contribution in [2.24, 2.45) is 16.7 Å². The summed E-state index contributed by atoms with van der Waals surface area (Å²) in [5.41, 5.74) is -0.141. The number of methoxy groups -OCH3 is 2. The molecule has 2 saturated carbocycles. The van der Waals surface area contributed by atoms with Gasteiger partial charge in [0.1, 0.15) is 5.56 Å². The summed E-state index contributed by atoms with van der Waals surface area (Å²) in [5, 5.41) is 14.5. The van der Waals surface area contributed by atoms with Crippen LogP contribution in [0.3, 0.4) is 0 Å². The van der Waals surface area contributed by atoms with Crippen LogP contribution in [-0.4, -0.2) is 31.1 Å². The summed E-state index contributed by atoms with van der Waals surface area (Å²) in [7, 11) is 2.84. The number of nitro benzene ring substituents is 1. The number of hydrogen-bond donors (Lipinski definition) is 1. The average molecular weight is 362 g/mol. The molecule has 26 heavy (non-hydrogen) atoms. The zero-order valence-electron chi connectivity index (χ0n) is 15.9. The molecule has 0 aliphatic heterocycles. The van der Waals surface area contributed by atoms with Crippen molar-refractivity contribution in [2.75, 3.05) is 14.2 Å². The summed E-state index contributed by atoms with van der Waals surface area (Å²) in [5.74, 6) is 0.650. The Morgan fingerprint density at radius 3 is 2.31 bits per heavy atom. The fourth-order valence-corrected chi connectivity index (χ4v) is 4.86. The number of nitrogens with zero attached hydrogens (tertiary/aromatic N) is 1. The van der Waals surface area contributed by atoms with Crippen LogP contribution in [0.2, 0.25) is 0 Å². The molecule has 1 aromatic rings. The summed E-state index contributed by atoms with van der Waals surface area (Å²) in [6.45, 7) is 6.74. The molecular formula is C19H26N2O5. The van der Waals surface area contributed by atoms with Gasteiger partial charge in [0.15, 0.2) is 11.5 Å². The van der Waals surface area contributed by atoms with Gasteiger partial charge in [-0.15, -0.1) is 0 Å². The normalized spacial score (nSPS) is 28.7. The van der Waals surface area contributed by atoms with Crippen molar-refractivity contribution >= 4 is 11.6 Å². The van der Waals surface area contributed by atoms with Gasteiger partial charge in [0.2, 0.25) is 0 Å². The van der Waals surface area contributed by atoms with E-state index in [2.05, 4.69) is 26.1 Å². The molecule has 3 atom stereocenters. The number of ether oxygens (including phenoxy) is 2. The first kappa shape index (κ1) is 18.5. The number of nitro groups is 1. The van der Waals surface area contributed by atoms with Gasteiger partial charge in [-0.25, -0.2) is 0 Å². The van der Waals surface area contributed by atoms with Gasteiger partial charge in [-0.1, -0.05) is 20.8 Å². The number of nitrogens with one attached hydrogen (secondary N) is 1. The molecular weight excluding hydrogens is 336 g/mol. The van der Waals surface area contributed by atoms with Crippen molar-refractivity contribution in [1.82, 2.24) is 5.32 Å². The Bertz CT molecular complexity index is 761. The zero-order chi connectivity index (χ0) is 19.3. The molecule has 7 nitrogen and oxygen atoms in total. The van der Waals surface area contributed by atoms with Crippen molar-refractivity contribution in [3.63, 3.8) is 0 Å². The number of hydrogen-bond acceptors (Lipinski definition) is 5. The second-order valence-corrected chi connectivity index (χ2v) is 8.12. The maximum atomic E-state index is 12.9. The highest BCUT2D eigenvalue weighted by Crippen LogP contribution is 2.65. The Morgan fingerprint density at radius 1 is 1.23 bits per heavy atom. The summed E-state index contributed by atoms with van der Waals surface area (Å²) in [6.07, 6.45) is 3.15. The summed E-state index contributed by atoms with van der Waals surface area (Å²) in [6, 6.07) is 2.63. The minimum absolute atomic E-state index is 0.00133. The lowest BCUT2D eigenvalue weighted by Gasteiger charge is -2.39. The molecule has 7 heteroatoms. The topological polar surface area (TPSA) is 90.7 Å². The molecule has 0 saturated heterocycles. The SMILES string of the molecule is COc1cc(C(=O)N[C@@H]2C[C@H]3CC[C@@]2(C)C3(C)C)c([N+](=O)[O-])cc1OC. The summed E-state index contributed by atoms with van der Waals surface area (Å²) >= 11 is 0. The number of rotatable bonds is 5. The monoisotopic (exact) mass is 362 g/mol. The van der Waals surface area contributed by atoms with E-state index in [1.807, 2.05) is 0 Å². The van der Waals surface area contributed by atoms with Crippen LogP contribution in [0, 0.1) is 26.9 Å². The minimum Gasteiger partial charge on any atom is -0.493 e. The molecule has 2 bridgehead atoms. The van der Waals surface area contributed by atoms with E-state index in [-0.39, 0.29) is 33.9 Å². The number of fused-ring (bicyclic) bond motifs is 2. The van der Waals surface area contributed by atoms with Crippen LogP contribution >= 0.6 is 0 Å². The molecule has 1 N–H and O–H groups in total. The molecule has 0 radical (unpaired) electrons. The maximum Gasteiger partial charge on any atom is 0.286 e. The molecule has 2 aliphatic rings. The predicted molar refractivity (Wildman–Crippen MR) is 96.7 cm³/mol. The Labute approximate surface area is 153 Å². The third-order valence-electron chi connectivity index (χ3n) is 7.04. The molecule has 3 rings (SSSR count). The molecule has 142 valence electrons. The molecule has 1 amide bonds. The third-order valence-corrected chi connectivity index (χ3v) is 7.04. The van der Waals surface area contributed by atoms with Crippen LogP contribution in [-0.2, 0) is 0 Å². The number of carbonyl (C=O) groups is 1. The molecule has 1 aromatic carbocycles. The largest absolute Gasteiger partial charge is 0.493 e. The van der Waals surface area contributed by atoms with Gasteiger partial charge in [0.25, 0.3) is 11.6 Å². The molecule has 0 spiro atoms. The van der Waals surface area contributed by atoms with Gasteiger partial charge in [-0.3, -0.25) is 14.9 Å². The molecule has 2 fully saturated rings. The smallest absolute Gasteiger partial charge is 0.286 e. The van der Waals surface area contributed by atoms with Gasteiger partial charge in [0, 0.05) is 12.1 Å². The average Bonchev–Trinajstić information content (AvgIpc) is 2.93. The number of carbonyl (C=O) groups excluding carboxylic acids is 1. The number of amides is 1. The first-order valence-corrected chi connectivity index (χ1v) is 8.87. The van der Waals surface area contributed by atoms with E-state index in [1.54, 1.807) is 0 Å². The van der Waals surface area contributed by atoms with Gasteiger partial charge < -0.3 is 14.8 Å². The highest BCUT2D eigenvalue weighted by molar-refractivity contribution is 5.99. The van der Waals surface area contributed by atoms with Gasteiger partial charge in [-0.2, -0.15) is 0 Å². The van der Waals surface area contributed by atoms with E-state index < -0.39 is 10.8 Å². The highest BCUT2D eigenvalue weighted by atomic mass is 16.6. The lowest BCUT2D eigenvalue weighted by atomic mass is 9.69. The Morgan fingerprint density at radius 2 is 1.85 bits per heavy atom. The van der Waals surface area contributed by atoms with Crippen LogP contribution in [0.15, 0.2) is 12.1 Å². The minimum atomic E-state index is -0.566. The fraction of sp³-hybridized carbons (Fsp3) is 0.632. The van der Waals surface area contributed by atoms with Crippen LogP contribution in [0.4, 0.5) is 5.69 Å². The molecule has 0 heterocycles. The van der Waals surface area contributed by atoms with Crippen LogP contribution in [0.1, 0.15) is 50.4 Å². The Hall–Kier alpha value is -2.31. The lowest BCUT2D eigenvalue weighted by Crippen LogP contribution is -2.47. The van der Waals surface area contributed by atoms with E-state index in [0.29, 0.717) is 11.7 Å². The standard InChI is InChI=1S/C19H26N2O5/c1-18(2)11-6-7-19(18,3)16(8-11)20-17(22)12-9-14(25-4)15(26-5)10-13(12)21(23)24/h9-11,16H,6-8H2,1-5H3,(H,20,22)/t11-,16-,19-/m1/s1. The third kappa shape index (κ3) is 2.52. The van der Waals surface area contributed by atoms with E-state index >= 15 is 0 Å². The van der Waals surface area contributed by atoms with Gasteiger partial charge >= 0.3 is 0 Å². The van der Waals surface area contributed by atoms with Crippen LogP contribution in [0.25, 0.3) is 0 Å². The van der Waals surface area contributed by atoms with Crippen molar-refractivity contribution in [1.29, 1.82) is 0 Å². The molecule has 0 aromatic heterocycles. The summed E-state index contributed by atoms with van der Waals surface area (Å²) in [4.78, 5) is 23.8. The summed E-state index contributed by atoms with van der Waals surface area (Å²) < 4.78 is 10.3. The van der Waals surface area contributed by atoms with E-state index in [9.17, 15) is 14.9 Å². The maximum absolute atomic E-state index is 12.9. The van der Waals surface area contributed by atoms with Crippen LogP contribution in [0.5, 0.6) is 11.5 Å².